The summed E-state index contributed by atoms with van der Waals surface area (Å²) in [4.78, 5) is 8.03. The monoisotopic (exact) mass is 319 g/mol. The van der Waals surface area contributed by atoms with Crippen molar-refractivity contribution in [2.24, 2.45) is 0 Å². The van der Waals surface area contributed by atoms with Crippen LogP contribution in [0.25, 0.3) is 5.78 Å². The van der Waals surface area contributed by atoms with Gasteiger partial charge < -0.3 is 10.2 Å². The molecule has 0 aliphatic heterocycles. The first kappa shape index (κ1) is 14.3. The first-order valence-corrected chi connectivity index (χ1v) is 7.86. The highest BCUT2D eigenvalue weighted by atomic mass is 32.2. The van der Waals surface area contributed by atoms with E-state index in [-0.39, 0.29) is 22.2 Å². The van der Waals surface area contributed by atoms with Crippen molar-refractivity contribution in [1.82, 2.24) is 19.6 Å². The van der Waals surface area contributed by atoms with E-state index in [4.69, 9.17) is 0 Å². The number of fused-ring (bicyclic) bond motifs is 1. The van der Waals surface area contributed by atoms with E-state index in [1.54, 1.807) is 13.0 Å². The summed E-state index contributed by atoms with van der Waals surface area (Å²) in [5.74, 6) is -1.01. The Morgan fingerprint density at radius 1 is 1.23 bits per heavy atom. The van der Waals surface area contributed by atoms with E-state index >= 15 is 0 Å². The highest BCUT2D eigenvalue weighted by Gasteiger charge is 2.20. The number of aromatic hydroxyl groups is 2. The maximum atomic E-state index is 12.3. The average Bonchev–Trinajstić information content (AvgIpc) is 2.82. The van der Waals surface area contributed by atoms with Crippen LogP contribution in [0.1, 0.15) is 11.5 Å². The minimum absolute atomic E-state index is 0.0712. The quantitative estimate of drug-likeness (QED) is 0.679. The van der Waals surface area contributed by atoms with Gasteiger partial charge >= 0.3 is 0 Å². The van der Waals surface area contributed by atoms with E-state index in [2.05, 4.69) is 21.3 Å². The van der Waals surface area contributed by atoms with Gasteiger partial charge in [0.2, 0.25) is 0 Å². The third-order valence-electron chi connectivity index (χ3n) is 2.93. The molecule has 0 amide bonds. The molecule has 2 N–H and O–H groups in total. The second-order valence-electron chi connectivity index (χ2n) is 4.68. The van der Waals surface area contributed by atoms with Crippen molar-refractivity contribution in [2.45, 2.75) is 17.6 Å². The fraction of sp³-hybridized carbons (Fsp3) is 0.154. The molecule has 2 heterocycles. The number of hydrogen-bond acceptors (Lipinski definition) is 7. The van der Waals surface area contributed by atoms with Crippen LogP contribution in [0.15, 0.2) is 29.2 Å². The van der Waals surface area contributed by atoms with Gasteiger partial charge in [-0.15, -0.1) is 5.10 Å². The predicted octanol–water partition coefficient (Wildman–Crippen LogP) is 0.618. The molecule has 0 spiro atoms. The summed E-state index contributed by atoms with van der Waals surface area (Å²) < 4.78 is 25.9. The molecule has 0 fully saturated rings. The second-order valence-corrected chi connectivity index (χ2v) is 6.67. The zero-order valence-electron chi connectivity index (χ0n) is 11.4. The third-order valence-corrected chi connectivity index (χ3v) is 4.54. The molecule has 113 valence electrons. The molecule has 2 aromatic heterocycles. The Labute approximate surface area is 125 Å². The maximum Gasteiger partial charge on any atom is 0.253 e. The van der Waals surface area contributed by atoms with Gasteiger partial charge in [-0.05, 0) is 25.1 Å². The average molecular weight is 319 g/mol. The van der Waals surface area contributed by atoms with Crippen molar-refractivity contribution in [3.63, 3.8) is 0 Å². The zero-order chi connectivity index (χ0) is 15.9. The fourth-order valence-corrected chi connectivity index (χ4v) is 3.06. The van der Waals surface area contributed by atoms with Gasteiger partial charge in [-0.25, -0.2) is 13.4 Å². The molecule has 3 rings (SSSR count). The molecule has 1 radical (unpaired) electrons. The van der Waals surface area contributed by atoms with E-state index in [0.29, 0.717) is 5.69 Å². The van der Waals surface area contributed by atoms with E-state index < -0.39 is 21.3 Å². The number of aromatic nitrogens is 4. The lowest BCUT2D eigenvalue weighted by molar-refractivity contribution is 0.402. The van der Waals surface area contributed by atoms with Crippen molar-refractivity contribution in [2.75, 3.05) is 0 Å². The summed E-state index contributed by atoms with van der Waals surface area (Å²) in [6.45, 7) is 1.76. The number of phenolic OH excluding ortho intramolecular Hbond substituents is 2. The summed E-state index contributed by atoms with van der Waals surface area (Å²) in [5.41, 5.74) is 0.692. The smallest absolute Gasteiger partial charge is 0.253 e. The summed E-state index contributed by atoms with van der Waals surface area (Å²) in [6, 6.07) is 4.90. The molecule has 9 heteroatoms. The largest absolute Gasteiger partial charge is 0.504 e. The second kappa shape index (κ2) is 4.95. The van der Waals surface area contributed by atoms with Crippen LogP contribution in [0, 0.1) is 13.1 Å². The Kier molecular flexibility index (Phi) is 3.21. The SMILES string of the molecule is Cc1c[c]n2nc(CS(=O)(=O)c3ccc(O)c(O)c3)nc2n1. The first-order chi connectivity index (χ1) is 10.3. The Balaban J connectivity index is 1.96. The number of phenols is 2. The van der Waals surface area contributed by atoms with Crippen LogP contribution in [0.4, 0.5) is 0 Å². The van der Waals surface area contributed by atoms with E-state index in [0.717, 1.165) is 12.1 Å². The van der Waals surface area contributed by atoms with Gasteiger partial charge in [-0.3, -0.25) is 0 Å². The molecule has 3 aromatic rings. The maximum absolute atomic E-state index is 12.3. The highest BCUT2D eigenvalue weighted by Crippen LogP contribution is 2.28. The van der Waals surface area contributed by atoms with Crippen molar-refractivity contribution in [3.05, 3.63) is 42.0 Å². The Hall–Kier alpha value is -2.68. The topological polar surface area (TPSA) is 118 Å². The molecular formula is C13H11N4O4S. The lowest BCUT2D eigenvalue weighted by Crippen LogP contribution is -2.06. The van der Waals surface area contributed by atoms with Gasteiger partial charge in [0.05, 0.1) is 11.1 Å². The van der Waals surface area contributed by atoms with Gasteiger partial charge in [0.1, 0.15) is 5.75 Å². The third kappa shape index (κ3) is 2.58. The van der Waals surface area contributed by atoms with Crippen LogP contribution in [0.2, 0.25) is 0 Å². The zero-order valence-corrected chi connectivity index (χ0v) is 12.2. The van der Waals surface area contributed by atoms with Crippen molar-refractivity contribution in [1.29, 1.82) is 0 Å². The molecule has 0 aliphatic rings. The molecule has 0 unspecified atom stereocenters. The fourth-order valence-electron chi connectivity index (χ4n) is 1.86. The minimum Gasteiger partial charge on any atom is -0.504 e. The van der Waals surface area contributed by atoms with Crippen LogP contribution in [-0.2, 0) is 15.6 Å². The Bertz CT molecular complexity index is 965. The van der Waals surface area contributed by atoms with Crippen molar-refractivity contribution < 1.29 is 18.6 Å². The molecular weight excluding hydrogens is 308 g/mol. The summed E-state index contributed by atoms with van der Waals surface area (Å²) in [5, 5.41) is 22.6. The van der Waals surface area contributed by atoms with Crippen LogP contribution >= 0.6 is 0 Å². The van der Waals surface area contributed by atoms with E-state index in [1.165, 1.54) is 10.6 Å². The van der Waals surface area contributed by atoms with Gasteiger partial charge in [0, 0.05) is 11.8 Å². The van der Waals surface area contributed by atoms with Gasteiger partial charge in [0.25, 0.3) is 5.78 Å². The van der Waals surface area contributed by atoms with Crippen molar-refractivity contribution in [3.8, 4) is 11.5 Å². The summed E-state index contributed by atoms with van der Waals surface area (Å²) in [7, 11) is -3.76. The number of nitrogens with zero attached hydrogens (tertiary/aromatic N) is 4. The van der Waals surface area contributed by atoms with Crippen LogP contribution in [0.3, 0.4) is 0 Å². The highest BCUT2D eigenvalue weighted by molar-refractivity contribution is 7.90. The van der Waals surface area contributed by atoms with E-state index in [9.17, 15) is 18.6 Å². The molecule has 0 saturated carbocycles. The molecule has 0 atom stereocenters. The van der Waals surface area contributed by atoms with Gasteiger partial charge in [-0.2, -0.15) is 9.50 Å². The Morgan fingerprint density at radius 3 is 2.73 bits per heavy atom. The number of hydrogen-bond donors (Lipinski definition) is 2. The lowest BCUT2D eigenvalue weighted by Gasteiger charge is -2.03. The molecule has 0 saturated heterocycles. The summed E-state index contributed by atoms with van der Waals surface area (Å²) in [6.07, 6.45) is 2.79. The Morgan fingerprint density at radius 2 is 2.00 bits per heavy atom. The summed E-state index contributed by atoms with van der Waals surface area (Å²) >= 11 is 0. The molecule has 22 heavy (non-hydrogen) atoms. The predicted molar refractivity (Wildman–Crippen MR) is 75.0 cm³/mol. The van der Waals surface area contributed by atoms with Gasteiger partial charge in [-0.1, -0.05) is 0 Å². The standard InChI is InChI=1S/C13H11N4O4S/c1-8-4-5-17-13(14-8)15-12(16-17)7-22(20,21)9-2-3-10(18)11(19)6-9/h2-4,6,18-19H,7H2,1H3. The number of aryl methyl sites for hydroxylation is 1. The van der Waals surface area contributed by atoms with Crippen LogP contribution in [0.5, 0.6) is 11.5 Å². The van der Waals surface area contributed by atoms with Crippen LogP contribution in [-0.4, -0.2) is 38.2 Å². The van der Waals surface area contributed by atoms with Crippen LogP contribution < -0.4 is 0 Å². The number of rotatable bonds is 3. The van der Waals surface area contributed by atoms with E-state index in [1.807, 2.05) is 0 Å². The first-order valence-electron chi connectivity index (χ1n) is 6.21. The van der Waals surface area contributed by atoms with Gasteiger partial charge in [0.15, 0.2) is 27.2 Å². The minimum atomic E-state index is -3.76. The normalized spacial score (nSPS) is 11.9. The molecule has 0 aliphatic carbocycles. The lowest BCUT2D eigenvalue weighted by atomic mass is 10.3. The molecule has 1 aromatic carbocycles. The number of benzene rings is 1. The molecule has 0 bridgehead atoms. The number of sulfone groups is 1. The van der Waals surface area contributed by atoms with Crippen molar-refractivity contribution >= 4 is 15.6 Å². The molecule has 8 nitrogen and oxygen atoms in total.